The van der Waals surface area contributed by atoms with Crippen LogP contribution < -0.4 is 0 Å². The number of hydrogen-bond donors (Lipinski definition) is 1. The molecule has 1 heterocycles. The van der Waals surface area contributed by atoms with Gasteiger partial charge in [-0.1, -0.05) is 20.3 Å². The van der Waals surface area contributed by atoms with Crippen LogP contribution in [0.1, 0.15) is 46.0 Å². The Balaban J connectivity index is 2.06. The van der Waals surface area contributed by atoms with Crippen LogP contribution in [0.15, 0.2) is 0 Å². The lowest BCUT2D eigenvalue weighted by Gasteiger charge is -2.42. The maximum Gasteiger partial charge on any atom is 0.0814 e. The van der Waals surface area contributed by atoms with Crippen LogP contribution in [0.5, 0.6) is 0 Å². The highest BCUT2D eigenvalue weighted by Crippen LogP contribution is 2.47. The Morgan fingerprint density at radius 1 is 1.29 bits per heavy atom. The summed E-state index contributed by atoms with van der Waals surface area (Å²) < 4.78 is 6.07. The van der Waals surface area contributed by atoms with E-state index >= 15 is 0 Å². The Bertz CT molecular complexity index is 204. The molecule has 2 nitrogen and oxygen atoms in total. The zero-order chi connectivity index (χ0) is 10.2. The second kappa shape index (κ2) is 3.82. The van der Waals surface area contributed by atoms with Crippen LogP contribution in [-0.4, -0.2) is 23.4 Å². The van der Waals surface area contributed by atoms with Crippen molar-refractivity contribution < 1.29 is 9.84 Å². The number of hydrogen-bond acceptors (Lipinski definition) is 2. The van der Waals surface area contributed by atoms with Gasteiger partial charge in [-0.05, 0) is 37.5 Å². The van der Waals surface area contributed by atoms with Crippen molar-refractivity contribution in [3.63, 3.8) is 0 Å². The molecule has 4 atom stereocenters. The van der Waals surface area contributed by atoms with Gasteiger partial charge in [-0.15, -0.1) is 0 Å². The summed E-state index contributed by atoms with van der Waals surface area (Å²) in [4.78, 5) is 0. The summed E-state index contributed by atoms with van der Waals surface area (Å²) in [5.41, 5.74) is 0.116. The maximum absolute atomic E-state index is 9.11. The molecular formula is C12H22O2. The van der Waals surface area contributed by atoms with Gasteiger partial charge in [0.2, 0.25) is 0 Å². The Morgan fingerprint density at radius 2 is 2.07 bits per heavy atom. The van der Waals surface area contributed by atoms with Crippen LogP contribution in [0.25, 0.3) is 0 Å². The van der Waals surface area contributed by atoms with E-state index in [-0.39, 0.29) is 18.3 Å². The summed E-state index contributed by atoms with van der Waals surface area (Å²) in [6.07, 6.45) is 6.15. The number of aliphatic hydroxyl groups is 1. The molecule has 0 aromatic heterocycles. The minimum Gasteiger partial charge on any atom is -0.394 e. The van der Waals surface area contributed by atoms with Crippen LogP contribution in [0.4, 0.5) is 0 Å². The number of rotatable bonds is 1. The molecule has 0 radical (unpaired) electrons. The Kier molecular flexibility index (Phi) is 2.85. The first kappa shape index (κ1) is 10.4. The fraction of sp³-hybridized carbons (Fsp3) is 1.00. The van der Waals surface area contributed by atoms with E-state index in [2.05, 4.69) is 13.8 Å². The molecule has 0 unspecified atom stereocenters. The summed E-state index contributed by atoms with van der Waals surface area (Å²) in [5, 5.41) is 9.11. The van der Waals surface area contributed by atoms with E-state index in [0.717, 1.165) is 18.8 Å². The van der Waals surface area contributed by atoms with Crippen molar-refractivity contribution in [3.05, 3.63) is 0 Å². The van der Waals surface area contributed by atoms with Crippen LogP contribution in [0.3, 0.4) is 0 Å². The standard InChI is InChI=1S/C12H22O2/c1-9-3-4-10(2)12(7-9)6-5-11(8-13)14-12/h9-11,13H,3-8H2,1-2H3/t9-,10+,11-,12+/m1/s1. The van der Waals surface area contributed by atoms with E-state index in [4.69, 9.17) is 9.84 Å². The third kappa shape index (κ3) is 1.70. The SMILES string of the molecule is C[C@@H]1CC[C@H](C)[C@]2(CC[C@H](CO)O2)C1. The predicted molar refractivity (Wildman–Crippen MR) is 56.1 cm³/mol. The normalized spacial score (nSPS) is 48.6. The molecule has 0 aromatic rings. The van der Waals surface area contributed by atoms with Crippen molar-refractivity contribution in [1.29, 1.82) is 0 Å². The largest absolute Gasteiger partial charge is 0.394 e. The Morgan fingerprint density at radius 3 is 2.71 bits per heavy atom. The van der Waals surface area contributed by atoms with Crippen LogP contribution in [0, 0.1) is 11.8 Å². The van der Waals surface area contributed by atoms with Gasteiger partial charge >= 0.3 is 0 Å². The van der Waals surface area contributed by atoms with Crippen molar-refractivity contribution >= 4 is 0 Å². The zero-order valence-electron chi connectivity index (χ0n) is 9.33. The summed E-state index contributed by atoms with van der Waals surface area (Å²) in [6, 6.07) is 0. The third-order valence-electron chi connectivity index (χ3n) is 4.18. The molecule has 1 aliphatic heterocycles. The van der Waals surface area contributed by atoms with Gasteiger partial charge in [-0.3, -0.25) is 0 Å². The Labute approximate surface area is 86.6 Å². The van der Waals surface area contributed by atoms with E-state index in [1.807, 2.05) is 0 Å². The summed E-state index contributed by atoms with van der Waals surface area (Å²) in [5.74, 6) is 1.47. The van der Waals surface area contributed by atoms with Gasteiger partial charge in [-0.2, -0.15) is 0 Å². The first-order valence-corrected chi connectivity index (χ1v) is 5.95. The first-order chi connectivity index (χ1) is 6.66. The van der Waals surface area contributed by atoms with Gasteiger partial charge < -0.3 is 9.84 Å². The molecule has 0 aromatic carbocycles. The van der Waals surface area contributed by atoms with Gasteiger partial charge in [0.1, 0.15) is 0 Å². The minimum absolute atomic E-state index is 0.114. The minimum atomic E-state index is 0.114. The smallest absolute Gasteiger partial charge is 0.0814 e. The lowest BCUT2D eigenvalue weighted by molar-refractivity contribution is -0.116. The fourth-order valence-electron chi connectivity index (χ4n) is 3.19. The highest BCUT2D eigenvalue weighted by Gasteiger charge is 2.46. The van der Waals surface area contributed by atoms with E-state index in [0.29, 0.717) is 5.92 Å². The molecule has 82 valence electrons. The molecule has 14 heavy (non-hydrogen) atoms. The van der Waals surface area contributed by atoms with E-state index in [1.54, 1.807) is 0 Å². The average molecular weight is 198 g/mol. The van der Waals surface area contributed by atoms with Crippen LogP contribution >= 0.6 is 0 Å². The van der Waals surface area contributed by atoms with Gasteiger partial charge in [0.15, 0.2) is 0 Å². The molecule has 1 saturated heterocycles. The Hall–Kier alpha value is -0.0800. The molecule has 0 bridgehead atoms. The van der Waals surface area contributed by atoms with Gasteiger partial charge in [0, 0.05) is 0 Å². The topological polar surface area (TPSA) is 29.5 Å². The molecular weight excluding hydrogens is 176 g/mol. The van der Waals surface area contributed by atoms with E-state index < -0.39 is 0 Å². The van der Waals surface area contributed by atoms with Gasteiger partial charge in [-0.25, -0.2) is 0 Å². The summed E-state index contributed by atoms with van der Waals surface area (Å²) >= 11 is 0. The average Bonchev–Trinajstić information content (AvgIpc) is 2.57. The van der Waals surface area contributed by atoms with Crippen LogP contribution in [0.2, 0.25) is 0 Å². The zero-order valence-corrected chi connectivity index (χ0v) is 9.33. The molecule has 2 rings (SSSR count). The molecule has 2 aliphatic rings. The highest BCUT2D eigenvalue weighted by molar-refractivity contribution is 4.96. The van der Waals surface area contributed by atoms with Crippen molar-refractivity contribution in [2.45, 2.75) is 57.7 Å². The third-order valence-corrected chi connectivity index (χ3v) is 4.18. The summed E-state index contributed by atoms with van der Waals surface area (Å²) in [6.45, 7) is 4.83. The first-order valence-electron chi connectivity index (χ1n) is 5.95. The van der Waals surface area contributed by atoms with Crippen molar-refractivity contribution in [3.8, 4) is 0 Å². The predicted octanol–water partition coefficient (Wildman–Crippen LogP) is 2.35. The number of aliphatic hydroxyl groups excluding tert-OH is 1. The second-order valence-corrected chi connectivity index (χ2v) is 5.31. The van der Waals surface area contributed by atoms with E-state index in [1.165, 1.54) is 19.3 Å². The van der Waals surface area contributed by atoms with Gasteiger partial charge in [0.25, 0.3) is 0 Å². The van der Waals surface area contributed by atoms with E-state index in [9.17, 15) is 0 Å². The quantitative estimate of drug-likeness (QED) is 0.701. The molecule has 1 N–H and O–H groups in total. The highest BCUT2D eigenvalue weighted by atomic mass is 16.5. The molecule has 2 fully saturated rings. The lowest BCUT2D eigenvalue weighted by Crippen LogP contribution is -2.42. The summed E-state index contributed by atoms with van der Waals surface area (Å²) in [7, 11) is 0. The van der Waals surface area contributed by atoms with Crippen molar-refractivity contribution in [2.75, 3.05) is 6.61 Å². The monoisotopic (exact) mass is 198 g/mol. The van der Waals surface area contributed by atoms with Crippen molar-refractivity contribution in [2.24, 2.45) is 11.8 Å². The van der Waals surface area contributed by atoms with Crippen molar-refractivity contribution in [1.82, 2.24) is 0 Å². The van der Waals surface area contributed by atoms with Gasteiger partial charge in [0.05, 0.1) is 18.3 Å². The lowest BCUT2D eigenvalue weighted by atomic mass is 9.71. The molecule has 0 amide bonds. The molecule has 2 heteroatoms. The number of ether oxygens (including phenoxy) is 1. The fourth-order valence-corrected chi connectivity index (χ4v) is 3.19. The molecule has 1 spiro atoms. The maximum atomic E-state index is 9.11. The molecule has 1 aliphatic carbocycles. The second-order valence-electron chi connectivity index (χ2n) is 5.31. The van der Waals surface area contributed by atoms with Crippen LogP contribution in [-0.2, 0) is 4.74 Å². The molecule has 1 saturated carbocycles.